The highest BCUT2D eigenvalue weighted by Gasteiger charge is 2.04. The summed E-state index contributed by atoms with van der Waals surface area (Å²) in [5.74, 6) is 0. The lowest BCUT2D eigenvalue weighted by Crippen LogP contribution is -2.10. The molecule has 13 heavy (non-hydrogen) atoms. The van der Waals surface area contributed by atoms with E-state index in [4.69, 9.17) is 0 Å². The molecular weight excluding hydrogens is 166 g/mol. The summed E-state index contributed by atoms with van der Waals surface area (Å²) in [4.78, 5) is 17.8. The zero-order valence-corrected chi connectivity index (χ0v) is 7.19. The monoisotopic (exact) mass is 175 g/mol. The van der Waals surface area contributed by atoms with Crippen LogP contribution in [-0.2, 0) is 7.05 Å². The van der Waals surface area contributed by atoms with E-state index in [0.717, 1.165) is 5.69 Å². The van der Waals surface area contributed by atoms with Crippen LogP contribution in [0.4, 0.5) is 0 Å². The predicted molar refractivity (Wildman–Crippen MR) is 49.3 cm³/mol. The molecule has 2 aromatic rings. The molecule has 2 rings (SSSR count). The first kappa shape index (κ1) is 7.79. The molecule has 0 radical (unpaired) electrons. The number of nitrogens with zero attached hydrogens (tertiary/aromatic N) is 2. The lowest BCUT2D eigenvalue weighted by molar-refractivity contribution is 0.930. The molecule has 0 saturated heterocycles. The van der Waals surface area contributed by atoms with Crippen molar-refractivity contribution >= 4 is 0 Å². The van der Waals surface area contributed by atoms with Gasteiger partial charge in [0.05, 0.1) is 17.6 Å². The molecule has 1 N–H and O–H groups in total. The highest BCUT2D eigenvalue weighted by molar-refractivity contribution is 5.57. The fourth-order valence-electron chi connectivity index (χ4n) is 1.27. The number of rotatable bonds is 1. The van der Waals surface area contributed by atoms with Crippen molar-refractivity contribution in [1.29, 1.82) is 0 Å². The Labute approximate surface area is 74.9 Å². The highest BCUT2D eigenvalue weighted by atomic mass is 16.1. The van der Waals surface area contributed by atoms with Crippen LogP contribution in [0, 0.1) is 0 Å². The van der Waals surface area contributed by atoms with E-state index in [1.807, 2.05) is 29.9 Å². The zero-order valence-electron chi connectivity index (χ0n) is 7.19. The van der Waals surface area contributed by atoms with Crippen molar-refractivity contribution in [3.05, 3.63) is 41.2 Å². The largest absolute Gasteiger partial charge is 0.350 e. The van der Waals surface area contributed by atoms with Crippen molar-refractivity contribution in [3.63, 3.8) is 0 Å². The lowest BCUT2D eigenvalue weighted by atomic mass is 10.2. The van der Waals surface area contributed by atoms with E-state index in [-0.39, 0.29) is 5.56 Å². The van der Waals surface area contributed by atoms with E-state index in [0.29, 0.717) is 5.56 Å². The van der Waals surface area contributed by atoms with Crippen LogP contribution in [-0.4, -0.2) is 14.5 Å². The van der Waals surface area contributed by atoms with Crippen LogP contribution in [0.15, 0.2) is 35.6 Å². The van der Waals surface area contributed by atoms with E-state index in [2.05, 4.69) is 9.97 Å². The smallest absolute Gasteiger partial charge is 0.260 e. The lowest BCUT2D eigenvalue weighted by Gasteiger charge is -2.00. The van der Waals surface area contributed by atoms with Crippen molar-refractivity contribution in [2.24, 2.45) is 7.05 Å². The summed E-state index contributed by atoms with van der Waals surface area (Å²) in [7, 11) is 1.89. The molecule has 0 aliphatic rings. The standard InChI is InChI=1S/C9H9N3O/c1-12-4-2-3-8(12)7-5-10-6-11-9(7)13/h2-6H,1H3,(H,10,11,13). The minimum Gasteiger partial charge on any atom is -0.350 e. The first-order valence-electron chi connectivity index (χ1n) is 3.93. The molecule has 2 heterocycles. The SMILES string of the molecule is Cn1cccc1-c1cnc[nH]c1=O. The third-order valence-electron chi connectivity index (χ3n) is 1.94. The summed E-state index contributed by atoms with van der Waals surface area (Å²) in [5, 5.41) is 0. The minimum absolute atomic E-state index is 0.114. The summed E-state index contributed by atoms with van der Waals surface area (Å²) in [5.41, 5.74) is 1.35. The van der Waals surface area contributed by atoms with Crippen molar-refractivity contribution < 1.29 is 0 Å². The van der Waals surface area contributed by atoms with E-state index in [9.17, 15) is 4.79 Å². The summed E-state index contributed by atoms with van der Waals surface area (Å²) in [6, 6.07) is 3.77. The number of H-pyrrole nitrogens is 1. The maximum atomic E-state index is 11.4. The summed E-state index contributed by atoms with van der Waals surface area (Å²) >= 11 is 0. The summed E-state index contributed by atoms with van der Waals surface area (Å²) in [6.07, 6.45) is 4.84. The van der Waals surface area contributed by atoms with Crippen molar-refractivity contribution in [2.75, 3.05) is 0 Å². The van der Waals surface area contributed by atoms with Gasteiger partial charge in [0, 0.05) is 19.4 Å². The van der Waals surface area contributed by atoms with Crippen LogP contribution in [0.2, 0.25) is 0 Å². The minimum atomic E-state index is -0.114. The Balaban J connectivity index is 2.66. The predicted octanol–water partition coefficient (Wildman–Crippen LogP) is 0.775. The molecule has 0 saturated carbocycles. The van der Waals surface area contributed by atoms with Gasteiger partial charge in [-0.1, -0.05) is 0 Å². The zero-order chi connectivity index (χ0) is 9.26. The van der Waals surface area contributed by atoms with Crippen molar-refractivity contribution in [1.82, 2.24) is 14.5 Å². The molecule has 66 valence electrons. The number of nitrogens with one attached hydrogen (secondary N) is 1. The van der Waals surface area contributed by atoms with Gasteiger partial charge in [-0.25, -0.2) is 4.98 Å². The molecule has 0 amide bonds. The number of aromatic amines is 1. The molecular formula is C9H9N3O. The molecule has 0 unspecified atom stereocenters. The third-order valence-corrected chi connectivity index (χ3v) is 1.94. The average Bonchev–Trinajstić information content (AvgIpc) is 2.52. The molecule has 0 bridgehead atoms. The van der Waals surface area contributed by atoms with Crippen LogP contribution in [0.5, 0.6) is 0 Å². The number of hydrogen-bond donors (Lipinski definition) is 1. The second-order valence-corrected chi connectivity index (χ2v) is 2.80. The van der Waals surface area contributed by atoms with E-state index < -0.39 is 0 Å². The van der Waals surface area contributed by atoms with Gasteiger partial charge >= 0.3 is 0 Å². The van der Waals surface area contributed by atoms with Gasteiger partial charge < -0.3 is 9.55 Å². The Kier molecular flexibility index (Phi) is 1.73. The number of hydrogen-bond acceptors (Lipinski definition) is 2. The first-order chi connectivity index (χ1) is 6.29. The molecule has 0 atom stereocenters. The fourth-order valence-corrected chi connectivity index (χ4v) is 1.27. The summed E-state index contributed by atoms with van der Waals surface area (Å²) in [6.45, 7) is 0. The van der Waals surface area contributed by atoms with Crippen LogP contribution < -0.4 is 5.56 Å². The maximum Gasteiger partial charge on any atom is 0.260 e. The molecule has 4 nitrogen and oxygen atoms in total. The van der Waals surface area contributed by atoms with Gasteiger partial charge in [-0.3, -0.25) is 4.79 Å². The fraction of sp³-hybridized carbons (Fsp3) is 0.111. The summed E-state index contributed by atoms with van der Waals surface area (Å²) < 4.78 is 1.88. The highest BCUT2D eigenvalue weighted by Crippen LogP contribution is 2.12. The van der Waals surface area contributed by atoms with Gasteiger partial charge in [0.15, 0.2) is 0 Å². The maximum absolute atomic E-state index is 11.4. The van der Waals surface area contributed by atoms with E-state index in [1.54, 1.807) is 6.20 Å². The molecule has 2 aromatic heterocycles. The van der Waals surface area contributed by atoms with Crippen LogP contribution in [0.1, 0.15) is 0 Å². The molecule has 0 aliphatic heterocycles. The van der Waals surface area contributed by atoms with Gasteiger partial charge in [-0.05, 0) is 12.1 Å². The second-order valence-electron chi connectivity index (χ2n) is 2.80. The topological polar surface area (TPSA) is 50.7 Å². The molecule has 0 aliphatic carbocycles. The Morgan fingerprint density at radius 2 is 2.38 bits per heavy atom. The second kappa shape index (κ2) is 2.90. The van der Waals surface area contributed by atoms with Gasteiger partial charge in [0.1, 0.15) is 0 Å². The number of aromatic nitrogens is 3. The average molecular weight is 175 g/mol. The van der Waals surface area contributed by atoms with E-state index in [1.165, 1.54) is 6.33 Å². The van der Waals surface area contributed by atoms with Crippen LogP contribution in [0.3, 0.4) is 0 Å². The molecule has 0 spiro atoms. The van der Waals surface area contributed by atoms with Crippen LogP contribution >= 0.6 is 0 Å². The van der Waals surface area contributed by atoms with Crippen LogP contribution in [0.25, 0.3) is 11.3 Å². The van der Waals surface area contributed by atoms with Gasteiger partial charge in [0.25, 0.3) is 5.56 Å². The Bertz CT molecular complexity index is 469. The van der Waals surface area contributed by atoms with Crippen molar-refractivity contribution in [2.45, 2.75) is 0 Å². The molecule has 4 heteroatoms. The van der Waals surface area contributed by atoms with Gasteiger partial charge in [0.2, 0.25) is 0 Å². The van der Waals surface area contributed by atoms with Gasteiger partial charge in [-0.2, -0.15) is 0 Å². The molecule has 0 aromatic carbocycles. The normalized spacial score (nSPS) is 10.2. The van der Waals surface area contributed by atoms with Crippen molar-refractivity contribution in [3.8, 4) is 11.3 Å². The quantitative estimate of drug-likeness (QED) is 0.696. The number of aryl methyl sites for hydroxylation is 1. The first-order valence-corrected chi connectivity index (χ1v) is 3.93. The van der Waals surface area contributed by atoms with Gasteiger partial charge in [-0.15, -0.1) is 0 Å². The third kappa shape index (κ3) is 1.26. The Hall–Kier alpha value is -1.84. The Morgan fingerprint density at radius 1 is 1.54 bits per heavy atom. The van der Waals surface area contributed by atoms with E-state index >= 15 is 0 Å². The molecule has 0 fully saturated rings. The Morgan fingerprint density at radius 3 is 3.00 bits per heavy atom.